The van der Waals surface area contributed by atoms with E-state index in [-0.39, 0.29) is 25.1 Å². The molecule has 0 amide bonds. The molecule has 0 spiro atoms. The van der Waals surface area contributed by atoms with Crippen LogP contribution in [-0.4, -0.2) is 169 Å². The van der Waals surface area contributed by atoms with Gasteiger partial charge in [-0.1, -0.05) is 0 Å². The molecule has 0 aliphatic heterocycles. The quantitative estimate of drug-likeness (QED) is 0.282. The monoisotopic (exact) mass is 627 g/mol. The first-order valence-corrected chi connectivity index (χ1v) is 15.7. The molecular weight excluding hydrogens is 574 g/mol. The third kappa shape index (κ3) is 21.2. The van der Waals surface area contributed by atoms with Crippen molar-refractivity contribution in [2.24, 2.45) is 0 Å². The van der Waals surface area contributed by atoms with Gasteiger partial charge >= 0.3 is 27.0 Å². The van der Waals surface area contributed by atoms with E-state index >= 15 is 0 Å². The molecule has 0 radical (unpaired) electrons. The van der Waals surface area contributed by atoms with Gasteiger partial charge in [0, 0.05) is 0 Å². The fraction of sp³-hybridized carbons (Fsp3) is 1.00. The molecule has 0 aromatic heterocycles. The van der Waals surface area contributed by atoms with Gasteiger partial charge in [-0.2, -0.15) is 0 Å². The molecule has 14 heteroatoms. The second kappa shape index (κ2) is 23.3. The van der Waals surface area contributed by atoms with Crippen molar-refractivity contribution >= 4 is 34.8 Å². The summed E-state index contributed by atoms with van der Waals surface area (Å²) < 4.78 is 20.1. The molecule has 32 heavy (non-hydrogen) atoms. The van der Waals surface area contributed by atoms with Crippen LogP contribution in [0.2, 0.25) is 0 Å². The van der Waals surface area contributed by atoms with E-state index in [1.165, 1.54) is 0 Å². The average molecular weight is 628 g/mol. The molecule has 0 fully saturated rings. The molecule has 0 aliphatic rings. The zero-order chi connectivity index (χ0) is 26.9. The predicted molar refractivity (Wildman–Crippen MR) is 150 cm³/mol. The maximum absolute atomic E-state index is 4.53. The third-order valence-corrected chi connectivity index (χ3v) is 9.66. The van der Waals surface area contributed by atoms with Gasteiger partial charge in [-0.25, -0.2) is 0 Å². The van der Waals surface area contributed by atoms with Gasteiger partial charge in [0.05, 0.1) is 0 Å². The topological polar surface area (TPSA) is 29.2 Å². The van der Waals surface area contributed by atoms with Crippen molar-refractivity contribution in [2.45, 2.75) is 0 Å². The van der Waals surface area contributed by atoms with Crippen molar-refractivity contribution in [3.8, 4) is 0 Å². The van der Waals surface area contributed by atoms with Crippen LogP contribution in [0, 0.1) is 0 Å². The van der Waals surface area contributed by atoms with E-state index in [0.29, 0.717) is 0 Å². The van der Waals surface area contributed by atoms with Crippen LogP contribution in [-0.2, 0) is 17.3 Å². The molecule has 9 nitrogen and oxygen atoms in total. The van der Waals surface area contributed by atoms with E-state index < -0.39 is 0 Å². The molecule has 0 heterocycles. The van der Waals surface area contributed by atoms with Crippen molar-refractivity contribution in [2.75, 3.05) is 127 Å². The fourth-order valence-corrected chi connectivity index (χ4v) is 9.66. The minimum atomic E-state index is -0.238. The van der Waals surface area contributed by atoms with Crippen LogP contribution >= 0.6 is 34.8 Å². The van der Waals surface area contributed by atoms with Gasteiger partial charge < -0.3 is 0 Å². The van der Waals surface area contributed by atoms with Crippen molar-refractivity contribution in [1.29, 1.82) is 0 Å². The maximum atomic E-state index is 4.53. The zero-order valence-electron chi connectivity index (χ0n) is 24.1. The van der Waals surface area contributed by atoms with Gasteiger partial charge in [0.2, 0.25) is 0 Å². The Balaban J connectivity index is -0.000000176. The fourth-order valence-electron chi connectivity index (χ4n) is 3.22. The van der Waals surface area contributed by atoms with Crippen molar-refractivity contribution in [3.63, 3.8) is 0 Å². The first-order chi connectivity index (χ1) is 14.4. The number of nitrogens with zero attached hydrogens (tertiary/aromatic N) is 9. The Morgan fingerprint density at radius 3 is 0.344 bits per heavy atom. The Hall–Kier alpha value is 1.84. The minimum absolute atomic E-state index is 0.238. The molecule has 0 saturated heterocycles. The molecule has 0 rings (SSSR count). The summed E-state index contributed by atoms with van der Waals surface area (Å²) in [6.07, 6.45) is 0. The van der Waals surface area contributed by atoms with Gasteiger partial charge in [-0.15, -0.1) is 0 Å². The van der Waals surface area contributed by atoms with Gasteiger partial charge in [0.1, 0.15) is 25.1 Å². The standard InChI is InChI=1S/3C6H18N3P.ClH.Rh/c3*1-7(2)10(8(3)4)9(5)6;;/h3*1-6H3;1H;/q;;;;+1/p-1. The van der Waals surface area contributed by atoms with Crippen LogP contribution in [0.25, 0.3) is 0 Å². The van der Waals surface area contributed by atoms with Gasteiger partial charge in [0.15, 0.2) is 0 Å². The molecule has 0 atom stereocenters. The molecule has 202 valence electrons. The van der Waals surface area contributed by atoms with Crippen LogP contribution in [0.5, 0.6) is 0 Å². The summed E-state index contributed by atoms with van der Waals surface area (Å²) >= 11 is 2.02. The molecule has 0 saturated carbocycles. The number of halogens is 1. The van der Waals surface area contributed by atoms with E-state index in [4.69, 9.17) is 0 Å². The van der Waals surface area contributed by atoms with Crippen molar-refractivity contribution < 1.29 is 17.3 Å². The number of rotatable bonds is 9. The Morgan fingerprint density at radius 2 is 0.344 bits per heavy atom. The van der Waals surface area contributed by atoms with E-state index in [1.807, 2.05) is 17.3 Å². The normalized spacial score (nSPS) is 12.0. The first kappa shape index (κ1) is 41.0. The Labute approximate surface area is 220 Å². The van der Waals surface area contributed by atoms with E-state index in [1.54, 1.807) is 0 Å². The van der Waals surface area contributed by atoms with Crippen LogP contribution < -0.4 is 0 Å². The van der Waals surface area contributed by atoms with E-state index in [0.717, 1.165) is 0 Å². The molecular formula is C18H54ClN9P3Rh. The molecule has 0 N–H and O–H groups in total. The van der Waals surface area contributed by atoms with Gasteiger partial charge in [-0.3, -0.25) is 42.0 Å². The van der Waals surface area contributed by atoms with Crippen LogP contribution in [0.4, 0.5) is 0 Å². The SMILES string of the molecule is CN(C)P(N(C)C)N(C)C.CN(C)P(N(C)C)N(C)C.CN(C)P(N(C)C)N(C)C.[Cl][Rh]. The summed E-state index contributed by atoms with van der Waals surface area (Å²) in [7, 11) is 41.7. The van der Waals surface area contributed by atoms with Crippen molar-refractivity contribution in [3.05, 3.63) is 0 Å². The Kier molecular flexibility index (Phi) is 29.8. The predicted octanol–water partition coefficient (Wildman–Crippen LogP) is 3.38. The summed E-state index contributed by atoms with van der Waals surface area (Å²) in [5.74, 6) is 0. The summed E-state index contributed by atoms with van der Waals surface area (Å²) in [5.41, 5.74) is 0. The summed E-state index contributed by atoms with van der Waals surface area (Å²) in [6.45, 7) is 0. The van der Waals surface area contributed by atoms with Gasteiger partial charge in [0.25, 0.3) is 0 Å². The zero-order valence-corrected chi connectivity index (χ0v) is 29.2. The second-order valence-corrected chi connectivity index (χ2v) is 17.2. The third-order valence-electron chi connectivity index (χ3n) is 3.22. The van der Waals surface area contributed by atoms with Crippen LogP contribution in [0.1, 0.15) is 0 Å². The van der Waals surface area contributed by atoms with Crippen LogP contribution in [0.3, 0.4) is 0 Å². The molecule has 0 aromatic carbocycles. The summed E-state index contributed by atoms with van der Waals surface area (Å²) in [4.78, 5) is 0. The number of hydrogen-bond acceptors (Lipinski definition) is 9. The molecule has 0 unspecified atom stereocenters. The van der Waals surface area contributed by atoms with Gasteiger partial charge in [-0.05, 0) is 127 Å². The first-order valence-electron chi connectivity index (χ1n) is 9.98. The molecule has 0 aromatic rings. The number of hydrogen-bond donors (Lipinski definition) is 0. The molecule has 0 aliphatic carbocycles. The molecule has 0 bridgehead atoms. The van der Waals surface area contributed by atoms with Crippen molar-refractivity contribution in [1.82, 2.24) is 42.0 Å². The Bertz CT molecular complexity index is 292. The second-order valence-electron chi connectivity index (χ2n) is 8.43. The average Bonchev–Trinajstić information content (AvgIpc) is 2.53. The van der Waals surface area contributed by atoms with E-state index in [2.05, 4.69) is 179 Å². The van der Waals surface area contributed by atoms with E-state index in [9.17, 15) is 0 Å². The summed E-state index contributed by atoms with van der Waals surface area (Å²) in [5, 5.41) is 0. The summed E-state index contributed by atoms with van der Waals surface area (Å²) in [6, 6.07) is 0. The van der Waals surface area contributed by atoms with Crippen LogP contribution in [0.15, 0.2) is 0 Å². The Morgan fingerprint density at radius 1 is 0.281 bits per heavy atom.